The molecule has 4 rings (SSSR count). The van der Waals surface area contributed by atoms with Crippen molar-refractivity contribution < 1.29 is 28.6 Å². The third-order valence-corrected chi connectivity index (χ3v) is 6.78. The Bertz CT molecular complexity index is 1150. The third kappa shape index (κ3) is 6.37. The smallest absolute Gasteiger partial charge is 0.321 e. The highest BCUT2D eigenvalue weighted by atomic mass is 19.1. The van der Waals surface area contributed by atoms with Gasteiger partial charge in [0.05, 0.1) is 24.8 Å². The minimum atomic E-state index is -0.476. The molecule has 2 aromatic carbocycles. The van der Waals surface area contributed by atoms with E-state index in [-0.39, 0.29) is 48.4 Å². The monoisotopic (exact) mass is 512 g/mol. The van der Waals surface area contributed by atoms with Gasteiger partial charge in [0, 0.05) is 36.8 Å². The number of nitrogens with zero attached hydrogens (tertiary/aromatic N) is 2. The fraction of sp³-hybridized carbons (Fsp3) is 0.444. The van der Waals surface area contributed by atoms with Crippen LogP contribution < -0.4 is 15.4 Å². The van der Waals surface area contributed by atoms with E-state index in [1.807, 2.05) is 6.92 Å². The van der Waals surface area contributed by atoms with Crippen LogP contribution in [0.4, 0.5) is 20.6 Å². The van der Waals surface area contributed by atoms with Crippen LogP contribution in [0.2, 0.25) is 0 Å². The zero-order valence-electron chi connectivity index (χ0n) is 21.2. The lowest BCUT2D eigenvalue weighted by atomic mass is 9.99. The number of aliphatic hydroxyl groups excluding tert-OH is 1. The van der Waals surface area contributed by atoms with Crippen LogP contribution in [0.15, 0.2) is 42.5 Å². The topological polar surface area (TPSA) is 111 Å². The Balaban J connectivity index is 1.56. The highest BCUT2D eigenvalue weighted by Crippen LogP contribution is 2.33. The molecule has 3 N–H and O–H groups in total. The number of urea groups is 1. The van der Waals surface area contributed by atoms with Gasteiger partial charge in [-0.15, -0.1) is 0 Å². The van der Waals surface area contributed by atoms with Crippen molar-refractivity contribution in [1.29, 1.82) is 0 Å². The van der Waals surface area contributed by atoms with E-state index in [2.05, 4.69) is 10.6 Å². The number of hydrogen-bond donors (Lipinski definition) is 3. The largest absolute Gasteiger partial charge is 0.487 e. The Morgan fingerprint density at radius 3 is 2.49 bits per heavy atom. The molecule has 1 aliphatic carbocycles. The van der Waals surface area contributed by atoms with Gasteiger partial charge in [0.2, 0.25) is 5.91 Å². The van der Waals surface area contributed by atoms with Crippen molar-refractivity contribution in [2.45, 2.75) is 38.8 Å². The van der Waals surface area contributed by atoms with Crippen LogP contribution in [0, 0.1) is 17.7 Å². The van der Waals surface area contributed by atoms with Crippen molar-refractivity contribution in [2.24, 2.45) is 11.8 Å². The Kier molecular flexibility index (Phi) is 7.97. The zero-order chi connectivity index (χ0) is 26.7. The lowest BCUT2D eigenvalue weighted by Crippen LogP contribution is -2.50. The Morgan fingerprint density at radius 2 is 1.84 bits per heavy atom. The van der Waals surface area contributed by atoms with Crippen LogP contribution in [-0.2, 0) is 4.79 Å². The number of aliphatic hydroxyl groups is 1. The van der Waals surface area contributed by atoms with Crippen LogP contribution in [0.1, 0.15) is 37.0 Å². The SMILES string of the molecule is C[C@@H]1CN([C@@H](C)CO)C(=O)c2cc(NC(=O)C3CC3)ccc2O[C@H]1CN(C)C(=O)Nc1ccc(F)cc1. The third-order valence-electron chi connectivity index (χ3n) is 6.78. The first-order chi connectivity index (χ1) is 17.7. The standard InChI is InChI=1S/C27H33FN4O5/c1-16-13-32(17(2)15-33)26(35)22-12-21(29-25(34)18-4-5-18)10-11-23(22)37-24(16)14-31(3)27(36)30-20-8-6-19(28)7-9-20/h6-12,16-18,24,33H,4-5,13-15H2,1-3H3,(H,29,34)(H,30,36)/t16-,17+,24+/m1/s1. The molecule has 0 bridgehead atoms. The first kappa shape index (κ1) is 26.4. The molecule has 1 aliphatic heterocycles. The summed E-state index contributed by atoms with van der Waals surface area (Å²) in [5.41, 5.74) is 1.25. The van der Waals surface area contributed by atoms with E-state index < -0.39 is 18.0 Å². The van der Waals surface area contributed by atoms with Gasteiger partial charge in [-0.3, -0.25) is 9.59 Å². The molecular formula is C27H33FN4O5. The lowest BCUT2D eigenvalue weighted by Gasteiger charge is -2.38. The van der Waals surface area contributed by atoms with Gasteiger partial charge in [-0.2, -0.15) is 0 Å². The number of amides is 4. The molecule has 1 saturated carbocycles. The number of carbonyl (C=O) groups excluding carboxylic acids is 3. The van der Waals surface area contributed by atoms with Crippen molar-refractivity contribution in [2.75, 3.05) is 37.4 Å². The quantitative estimate of drug-likeness (QED) is 0.525. The molecule has 37 heavy (non-hydrogen) atoms. The molecule has 10 heteroatoms. The zero-order valence-corrected chi connectivity index (χ0v) is 21.2. The fourth-order valence-electron chi connectivity index (χ4n) is 4.21. The molecule has 0 unspecified atom stereocenters. The normalized spacial score (nSPS) is 20.1. The van der Waals surface area contributed by atoms with E-state index in [9.17, 15) is 23.9 Å². The predicted octanol–water partition coefficient (Wildman–Crippen LogP) is 3.56. The predicted molar refractivity (Wildman–Crippen MR) is 137 cm³/mol. The van der Waals surface area contributed by atoms with E-state index in [4.69, 9.17) is 4.74 Å². The molecular weight excluding hydrogens is 479 g/mol. The Morgan fingerprint density at radius 1 is 1.16 bits per heavy atom. The molecule has 0 radical (unpaired) electrons. The van der Waals surface area contributed by atoms with Gasteiger partial charge in [0.1, 0.15) is 17.7 Å². The second kappa shape index (κ2) is 11.2. The maximum absolute atomic E-state index is 13.5. The van der Waals surface area contributed by atoms with Gasteiger partial charge in [-0.05, 0) is 62.2 Å². The summed E-state index contributed by atoms with van der Waals surface area (Å²) in [6, 6.07) is 9.61. The maximum Gasteiger partial charge on any atom is 0.321 e. The van der Waals surface area contributed by atoms with E-state index in [1.54, 1.807) is 37.1 Å². The summed E-state index contributed by atoms with van der Waals surface area (Å²) in [5, 5.41) is 15.4. The van der Waals surface area contributed by atoms with E-state index >= 15 is 0 Å². The van der Waals surface area contributed by atoms with E-state index in [0.29, 0.717) is 23.7 Å². The number of benzene rings is 2. The van der Waals surface area contributed by atoms with Crippen LogP contribution >= 0.6 is 0 Å². The van der Waals surface area contributed by atoms with Gasteiger partial charge in [0.15, 0.2) is 0 Å². The highest BCUT2D eigenvalue weighted by molar-refractivity contribution is 6.00. The van der Waals surface area contributed by atoms with Gasteiger partial charge in [-0.1, -0.05) is 6.92 Å². The molecule has 0 aromatic heterocycles. The van der Waals surface area contributed by atoms with E-state index in [0.717, 1.165) is 12.8 Å². The molecule has 2 aromatic rings. The number of carbonyl (C=O) groups is 3. The highest BCUT2D eigenvalue weighted by Gasteiger charge is 2.35. The van der Waals surface area contributed by atoms with Crippen molar-refractivity contribution in [3.05, 3.63) is 53.8 Å². The van der Waals surface area contributed by atoms with E-state index in [1.165, 1.54) is 29.2 Å². The molecule has 9 nitrogen and oxygen atoms in total. The maximum atomic E-state index is 13.5. The molecule has 1 heterocycles. The average molecular weight is 513 g/mol. The van der Waals surface area contributed by atoms with Crippen LogP contribution in [0.3, 0.4) is 0 Å². The summed E-state index contributed by atoms with van der Waals surface area (Å²) in [4.78, 5) is 41.6. The molecule has 0 saturated heterocycles. The summed E-state index contributed by atoms with van der Waals surface area (Å²) in [6.07, 6.45) is 1.25. The molecule has 1 fully saturated rings. The van der Waals surface area contributed by atoms with Crippen LogP contribution in [-0.4, -0.2) is 71.6 Å². The summed E-state index contributed by atoms with van der Waals surface area (Å²) < 4.78 is 19.5. The number of ether oxygens (including phenoxy) is 1. The first-order valence-electron chi connectivity index (χ1n) is 12.5. The number of hydrogen-bond acceptors (Lipinski definition) is 5. The van der Waals surface area contributed by atoms with Crippen molar-refractivity contribution >= 4 is 29.2 Å². The summed E-state index contributed by atoms with van der Waals surface area (Å²) in [5.74, 6) is -0.586. The molecule has 198 valence electrons. The summed E-state index contributed by atoms with van der Waals surface area (Å²) >= 11 is 0. The van der Waals surface area contributed by atoms with Crippen molar-refractivity contribution in [3.8, 4) is 5.75 Å². The van der Waals surface area contributed by atoms with Gasteiger partial charge >= 0.3 is 6.03 Å². The molecule has 4 amide bonds. The summed E-state index contributed by atoms with van der Waals surface area (Å²) in [6.45, 7) is 4.00. The Labute approximate surface area is 215 Å². The van der Waals surface area contributed by atoms with Crippen molar-refractivity contribution in [1.82, 2.24) is 9.80 Å². The average Bonchev–Trinajstić information content (AvgIpc) is 3.73. The second-order valence-corrected chi connectivity index (χ2v) is 9.91. The first-order valence-corrected chi connectivity index (χ1v) is 12.5. The number of likely N-dealkylation sites (N-methyl/N-ethyl adjacent to an activating group) is 1. The second-order valence-electron chi connectivity index (χ2n) is 9.91. The minimum Gasteiger partial charge on any atom is -0.487 e. The number of nitrogens with one attached hydrogen (secondary N) is 2. The van der Waals surface area contributed by atoms with Gasteiger partial charge < -0.3 is 30.3 Å². The number of halogens is 1. The van der Waals surface area contributed by atoms with Gasteiger partial charge in [0.25, 0.3) is 5.91 Å². The van der Waals surface area contributed by atoms with Crippen LogP contribution in [0.25, 0.3) is 0 Å². The van der Waals surface area contributed by atoms with Crippen LogP contribution in [0.5, 0.6) is 5.75 Å². The molecule has 2 aliphatic rings. The molecule has 0 spiro atoms. The summed E-state index contributed by atoms with van der Waals surface area (Å²) in [7, 11) is 1.63. The minimum absolute atomic E-state index is 0.0155. The van der Waals surface area contributed by atoms with Gasteiger partial charge in [-0.25, -0.2) is 9.18 Å². The Hall–Kier alpha value is -3.66. The lowest BCUT2D eigenvalue weighted by molar-refractivity contribution is -0.117. The molecule has 3 atom stereocenters. The number of rotatable bonds is 7. The number of fused-ring (bicyclic) bond motifs is 1. The number of anilines is 2. The fourth-order valence-corrected chi connectivity index (χ4v) is 4.21. The van der Waals surface area contributed by atoms with Crippen molar-refractivity contribution in [3.63, 3.8) is 0 Å².